The number of thioether (sulfide) groups is 1. The molecular formula is C20H20F4N2OS. The number of hydrogen-bond acceptors (Lipinski definition) is 3. The number of benzene rings is 2. The molecular weight excluding hydrogens is 392 g/mol. The average Bonchev–Trinajstić information content (AvgIpc) is 2.63. The van der Waals surface area contributed by atoms with E-state index in [4.69, 9.17) is 0 Å². The van der Waals surface area contributed by atoms with Crippen LogP contribution in [-0.2, 0) is 6.18 Å². The molecule has 3 rings (SSSR count). The first-order valence-electron chi connectivity index (χ1n) is 8.86. The predicted octanol–water partition coefficient (Wildman–Crippen LogP) is 5.28. The minimum absolute atomic E-state index is 0.335. The number of halogens is 4. The van der Waals surface area contributed by atoms with E-state index >= 15 is 0 Å². The quantitative estimate of drug-likeness (QED) is 0.694. The summed E-state index contributed by atoms with van der Waals surface area (Å²) >= 11 is 1.71. The Bertz CT molecular complexity index is 848. The number of amides is 1. The first-order valence-corrected chi connectivity index (χ1v) is 9.74. The fourth-order valence-electron chi connectivity index (χ4n) is 3.09. The second-order valence-electron chi connectivity index (χ2n) is 6.79. The molecule has 1 saturated heterocycles. The number of carbonyl (C=O) groups is 1. The maximum absolute atomic E-state index is 13.2. The Morgan fingerprint density at radius 2 is 1.86 bits per heavy atom. The Morgan fingerprint density at radius 1 is 1.14 bits per heavy atom. The van der Waals surface area contributed by atoms with Gasteiger partial charge in [-0.05, 0) is 69.4 Å². The van der Waals surface area contributed by atoms with Crippen molar-refractivity contribution in [2.24, 2.45) is 0 Å². The van der Waals surface area contributed by atoms with Crippen LogP contribution in [0.2, 0.25) is 0 Å². The number of nitrogens with zero attached hydrogens (tertiary/aromatic N) is 1. The van der Waals surface area contributed by atoms with Crippen molar-refractivity contribution < 1.29 is 22.4 Å². The molecule has 1 amide bonds. The highest BCUT2D eigenvalue weighted by atomic mass is 32.2. The third-order valence-corrected chi connectivity index (χ3v) is 5.92. The highest BCUT2D eigenvalue weighted by Crippen LogP contribution is 2.34. The highest BCUT2D eigenvalue weighted by Gasteiger charge is 2.35. The van der Waals surface area contributed by atoms with Gasteiger partial charge in [-0.25, -0.2) is 4.39 Å². The largest absolute Gasteiger partial charge is 0.417 e. The number of rotatable bonds is 4. The summed E-state index contributed by atoms with van der Waals surface area (Å²) in [4.78, 5) is 15.6. The van der Waals surface area contributed by atoms with Crippen molar-refractivity contribution in [2.75, 3.05) is 25.5 Å². The summed E-state index contributed by atoms with van der Waals surface area (Å²) in [5, 5.41) is 2.96. The van der Waals surface area contributed by atoms with Crippen LogP contribution in [0.1, 0.15) is 28.8 Å². The van der Waals surface area contributed by atoms with E-state index in [2.05, 4.69) is 17.3 Å². The molecule has 2 aromatic rings. The number of carbonyl (C=O) groups excluding carboxylic acids is 1. The molecule has 0 unspecified atom stereocenters. The van der Waals surface area contributed by atoms with Gasteiger partial charge in [-0.3, -0.25) is 4.79 Å². The lowest BCUT2D eigenvalue weighted by molar-refractivity contribution is -0.138. The first kappa shape index (κ1) is 20.7. The Balaban J connectivity index is 1.73. The van der Waals surface area contributed by atoms with Crippen LogP contribution in [0.15, 0.2) is 47.4 Å². The monoisotopic (exact) mass is 412 g/mol. The van der Waals surface area contributed by atoms with Crippen molar-refractivity contribution in [3.8, 4) is 0 Å². The second-order valence-corrected chi connectivity index (χ2v) is 8.16. The molecule has 150 valence electrons. The van der Waals surface area contributed by atoms with Crippen LogP contribution >= 0.6 is 11.8 Å². The lowest BCUT2D eigenvalue weighted by atomic mass is 10.1. The molecule has 0 spiro atoms. The molecule has 1 aliphatic heterocycles. The molecule has 1 heterocycles. The van der Waals surface area contributed by atoms with Crippen molar-refractivity contribution in [3.63, 3.8) is 0 Å². The molecule has 8 heteroatoms. The number of likely N-dealkylation sites (tertiary alicyclic amines) is 1. The van der Waals surface area contributed by atoms with E-state index in [-0.39, 0.29) is 0 Å². The standard InChI is InChI=1S/C20H20F4N2OS/c1-26-9-7-15(8-10-26)28-16-4-2-3-14(12-16)25-19(27)17-6-5-13(21)11-18(17)20(22,23)24/h2-6,11-12,15H,7-10H2,1H3,(H,25,27). The van der Waals surface area contributed by atoms with Crippen molar-refractivity contribution in [1.29, 1.82) is 0 Å². The smallest absolute Gasteiger partial charge is 0.322 e. The Hall–Kier alpha value is -2.06. The molecule has 0 aromatic heterocycles. The maximum atomic E-state index is 13.2. The molecule has 0 radical (unpaired) electrons. The van der Waals surface area contributed by atoms with Crippen molar-refractivity contribution in [3.05, 3.63) is 59.4 Å². The van der Waals surface area contributed by atoms with Crippen LogP contribution in [0.3, 0.4) is 0 Å². The first-order chi connectivity index (χ1) is 13.2. The zero-order chi connectivity index (χ0) is 20.3. The predicted molar refractivity (Wildman–Crippen MR) is 102 cm³/mol. The number of nitrogens with one attached hydrogen (secondary N) is 1. The van der Waals surface area contributed by atoms with Gasteiger partial charge in [0.1, 0.15) is 5.82 Å². The van der Waals surface area contributed by atoms with Crippen LogP contribution < -0.4 is 5.32 Å². The number of hydrogen-bond donors (Lipinski definition) is 1. The minimum atomic E-state index is -4.82. The van der Waals surface area contributed by atoms with Gasteiger partial charge in [-0.15, -0.1) is 11.8 Å². The molecule has 1 N–H and O–H groups in total. The zero-order valence-electron chi connectivity index (χ0n) is 15.2. The van der Waals surface area contributed by atoms with E-state index in [0.717, 1.165) is 43.0 Å². The van der Waals surface area contributed by atoms with Crippen molar-refractivity contribution in [2.45, 2.75) is 29.2 Å². The van der Waals surface area contributed by atoms with Crippen LogP contribution in [0.5, 0.6) is 0 Å². The molecule has 3 nitrogen and oxygen atoms in total. The molecule has 1 fully saturated rings. The van der Waals surface area contributed by atoms with E-state index in [1.807, 2.05) is 6.07 Å². The third-order valence-electron chi connectivity index (χ3n) is 4.59. The SMILES string of the molecule is CN1CCC(Sc2cccc(NC(=O)c3ccc(F)cc3C(F)(F)F)c2)CC1. The van der Waals surface area contributed by atoms with Gasteiger partial charge in [0.05, 0.1) is 11.1 Å². The summed E-state index contributed by atoms with van der Waals surface area (Å²) in [6, 6.07) is 9.06. The molecule has 0 bridgehead atoms. The summed E-state index contributed by atoms with van der Waals surface area (Å²) in [6.07, 6.45) is -2.70. The molecule has 2 aromatic carbocycles. The average molecular weight is 412 g/mol. The molecule has 0 saturated carbocycles. The second kappa shape index (κ2) is 8.53. The number of alkyl halides is 3. The summed E-state index contributed by atoms with van der Waals surface area (Å²) in [5.41, 5.74) is -1.50. The Kier molecular flexibility index (Phi) is 6.30. The van der Waals surface area contributed by atoms with Gasteiger partial charge in [0.15, 0.2) is 0 Å². The van der Waals surface area contributed by atoms with Gasteiger partial charge < -0.3 is 10.2 Å². The molecule has 0 atom stereocenters. The summed E-state index contributed by atoms with van der Waals surface area (Å²) in [6.45, 7) is 2.05. The van der Waals surface area contributed by atoms with Gasteiger partial charge in [0.25, 0.3) is 5.91 Å². The molecule has 28 heavy (non-hydrogen) atoms. The van der Waals surface area contributed by atoms with Gasteiger partial charge in [0.2, 0.25) is 0 Å². The van der Waals surface area contributed by atoms with Crippen molar-refractivity contribution in [1.82, 2.24) is 4.90 Å². The van der Waals surface area contributed by atoms with Crippen LogP contribution in [-0.4, -0.2) is 36.2 Å². The summed E-state index contributed by atoms with van der Waals surface area (Å²) in [7, 11) is 2.09. The van der Waals surface area contributed by atoms with Gasteiger partial charge in [-0.1, -0.05) is 6.07 Å². The van der Waals surface area contributed by atoms with Gasteiger partial charge in [-0.2, -0.15) is 13.2 Å². The minimum Gasteiger partial charge on any atom is -0.322 e. The maximum Gasteiger partial charge on any atom is 0.417 e. The fourth-order valence-corrected chi connectivity index (χ4v) is 4.27. The Morgan fingerprint density at radius 3 is 2.54 bits per heavy atom. The van der Waals surface area contributed by atoms with Crippen LogP contribution in [0.4, 0.5) is 23.2 Å². The summed E-state index contributed by atoms with van der Waals surface area (Å²) < 4.78 is 52.6. The lowest BCUT2D eigenvalue weighted by Crippen LogP contribution is -2.31. The zero-order valence-corrected chi connectivity index (χ0v) is 16.0. The number of piperidine rings is 1. The van der Waals surface area contributed by atoms with E-state index in [9.17, 15) is 22.4 Å². The molecule has 1 aliphatic rings. The van der Waals surface area contributed by atoms with E-state index in [0.29, 0.717) is 17.0 Å². The normalized spacial score (nSPS) is 16.2. The van der Waals surface area contributed by atoms with Gasteiger partial charge >= 0.3 is 6.18 Å². The topological polar surface area (TPSA) is 32.3 Å². The van der Waals surface area contributed by atoms with E-state index < -0.39 is 29.0 Å². The summed E-state index contributed by atoms with van der Waals surface area (Å²) in [5.74, 6) is -1.96. The molecule has 0 aliphatic carbocycles. The van der Waals surface area contributed by atoms with Crippen LogP contribution in [0, 0.1) is 5.82 Å². The lowest BCUT2D eigenvalue weighted by Gasteiger charge is -2.28. The fraction of sp³-hybridized carbons (Fsp3) is 0.350. The third kappa shape index (κ3) is 5.26. The Labute approximate surface area is 165 Å². The highest BCUT2D eigenvalue weighted by molar-refractivity contribution is 8.00. The van der Waals surface area contributed by atoms with Crippen molar-refractivity contribution >= 4 is 23.4 Å². The number of anilines is 1. The van der Waals surface area contributed by atoms with E-state index in [1.54, 1.807) is 30.0 Å². The van der Waals surface area contributed by atoms with E-state index in [1.165, 1.54) is 0 Å². The van der Waals surface area contributed by atoms with Crippen LogP contribution in [0.25, 0.3) is 0 Å². The van der Waals surface area contributed by atoms with Gasteiger partial charge in [0, 0.05) is 15.8 Å².